The van der Waals surface area contributed by atoms with Crippen molar-refractivity contribution in [3.8, 4) is 11.5 Å². The van der Waals surface area contributed by atoms with E-state index in [0.717, 1.165) is 5.56 Å². The lowest BCUT2D eigenvalue weighted by Gasteiger charge is -2.23. The number of nitrogens with two attached hydrogens (primary N) is 2. The summed E-state index contributed by atoms with van der Waals surface area (Å²) in [6, 6.07) is 12.7. The zero-order chi connectivity index (χ0) is 21.1. The van der Waals surface area contributed by atoms with Gasteiger partial charge in [0.05, 0.1) is 19.9 Å². The van der Waals surface area contributed by atoms with E-state index in [2.05, 4.69) is 20.8 Å². The van der Waals surface area contributed by atoms with Crippen LogP contribution in [-0.2, 0) is 5.41 Å². The minimum absolute atomic E-state index is 0.00978. The van der Waals surface area contributed by atoms with Crippen molar-refractivity contribution in [3.05, 3.63) is 65.0 Å². The largest absolute Gasteiger partial charge is 0.497 e. The third kappa shape index (κ3) is 4.46. The number of rotatable bonds is 6. The maximum Gasteiger partial charge on any atom is 0.210 e. The molecule has 0 aromatic heterocycles. The predicted molar refractivity (Wildman–Crippen MR) is 113 cm³/mol. The number of ketones is 1. The predicted octanol–water partition coefficient (Wildman–Crippen LogP) is 3.75. The smallest absolute Gasteiger partial charge is 0.210 e. The fourth-order valence-corrected chi connectivity index (χ4v) is 2.74. The van der Waals surface area contributed by atoms with Gasteiger partial charge in [-0.25, -0.2) is 5.84 Å². The molecule has 0 aliphatic heterocycles. The summed E-state index contributed by atoms with van der Waals surface area (Å²) in [5, 5.41) is 1.33. The second kappa shape index (κ2) is 8.35. The molecule has 0 saturated heterocycles. The number of Topliss-reactive ketones (excluding diaryl/α,β-unsaturated/α-hetero) is 1. The third-order valence-corrected chi connectivity index (χ3v) is 4.65. The van der Waals surface area contributed by atoms with Gasteiger partial charge in [-0.05, 0) is 30.0 Å². The lowest BCUT2D eigenvalue weighted by atomic mass is 9.86. The zero-order valence-corrected chi connectivity index (χ0v) is 17.4. The first-order valence-electron chi connectivity index (χ1n) is 8.98. The van der Waals surface area contributed by atoms with Crippen LogP contribution in [0, 0.1) is 0 Å². The Labute approximate surface area is 166 Å². The number of nitrogens with zero attached hydrogens (tertiary/aromatic N) is 1. The number of hydrogen-bond acceptors (Lipinski definition) is 6. The minimum Gasteiger partial charge on any atom is -0.497 e. The van der Waals surface area contributed by atoms with Crippen molar-refractivity contribution >= 4 is 11.5 Å². The van der Waals surface area contributed by atoms with Gasteiger partial charge in [0.1, 0.15) is 22.9 Å². The van der Waals surface area contributed by atoms with E-state index in [1.165, 1.54) is 5.01 Å². The molecule has 2 rings (SSSR count). The van der Waals surface area contributed by atoms with E-state index < -0.39 is 0 Å². The molecule has 0 atom stereocenters. The van der Waals surface area contributed by atoms with E-state index in [0.29, 0.717) is 28.4 Å². The Hall–Kier alpha value is -2.99. The Balaban J connectivity index is 2.37. The van der Waals surface area contributed by atoms with E-state index in [-0.39, 0.29) is 16.9 Å². The number of hydrogen-bond donors (Lipinski definition) is 2. The highest BCUT2D eigenvalue weighted by Crippen LogP contribution is 2.33. The lowest BCUT2D eigenvalue weighted by Crippen LogP contribution is -2.33. The van der Waals surface area contributed by atoms with Crippen LogP contribution in [0.5, 0.6) is 11.5 Å². The molecule has 0 aliphatic rings. The van der Waals surface area contributed by atoms with E-state index in [9.17, 15) is 4.79 Å². The van der Waals surface area contributed by atoms with E-state index in [1.807, 2.05) is 12.1 Å². The van der Waals surface area contributed by atoms with Crippen molar-refractivity contribution in [2.45, 2.75) is 33.1 Å². The van der Waals surface area contributed by atoms with E-state index >= 15 is 0 Å². The van der Waals surface area contributed by atoms with Crippen molar-refractivity contribution in [2.75, 3.05) is 19.2 Å². The van der Waals surface area contributed by atoms with Gasteiger partial charge in [-0.15, -0.1) is 0 Å². The summed E-state index contributed by atoms with van der Waals surface area (Å²) in [6.07, 6.45) is 0. The summed E-state index contributed by atoms with van der Waals surface area (Å²) in [5.41, 5.74) is 8.84. The van der Waals surface area contributed by atoms with Crippen LogP contribution in [0.3, 0.4) is 0 Å². The summed E-state index contributed by atoms with van der Waals surface area (Å²) in [6.45, 7) is 8.05. The number of carbonyl (C=O) groups is 1. The van der Waals surface area contributed by atoms with Crippen LogP contribution in [-0.4, -0.2) is 20.0 Å². The molecule has 6 nitrogen and oxygen atoms in total. The highest BCUT2D eigenvalue weighted by molar-refractivity contribution is 6.08. The molecule has 0 amide bonds. The molecule has 0 bridgehead atoms. The molecule has 150 valence electrons. The summed E-state index contributed by atoms with van der Waals surface area (Å²) in [5.74, 6) is 7.11. The molecule has 4 N–H and O–H groups in total. The summed E-state index contributed by atoms with van der Waals surface area (Å²) < 4.78 is 10.6. The highest BCUT2D eigenvalue weighted by Gasteiger charge is 2.20. The van der Waals surface area contributed by atoms with Crippen LogP contribution < -0.4 is 26.1 Å². The first kappa shape index (κ1) is 21.3. The molecule has 6 heteroatoms. The zero-order valence-electron chi connectivity index (χ0n) is 17.4. The first-order valence-corrected chi connectivity index (χ1v) is 8.98. The van der Waals surface area contributed by atoms with Gasteiger partial charge < -0.3 is 15.2 Å². The van der Waals surface area contributed by atoms with Crippen molar-refractivity contribution in [3.63, 3.8) is 0 Å². The number of carbonyl (C=O) groups excluding carboxylic acids is 1. The van der Waals surface area contributed by atoms with Crippen molar-refractivity contribution < 1.29 is 14.3 Å². The number of ether oxygens (including phenoxy) is 2. The van der Waals surface area contributed by atoms with Crippen LogP contribution in [0.2, 0.25) is 0 Å². The quantitative estimate of drug-likeness (QED) is 0.342. The van der Waals surface area contributed by atoms with E-state index in [1.54, 1.807) is 51.5 Å². The Morgan fingerprint density at radius 3 is 2.11 bits per heavy atom. The van der Waals surface area contributed by atoms with Crippen molar-refractivity contribution in [1.82, 2.24) is 0 Å². The molecule has 0 aliphatic carbocycles. The Morgan fingerprint density at radius 1 is 1.00 bits per heavy atom. The van der Waals surface area contributed by atoms with Crippen LogP contribution in [0.4, 0.5) is 5.69 Å². The normalized spacial score (nSPS) is 12.2. The Bertz CT molecular complexity index is 881. The van der Waals surface area contributed by atoms with Gasteiger partial charge in [0.2, 0.25) is 5.78 Å². The molecule has 2 aromatic carbocycles. The van der Waals surface area contributed by atoms with Gasteiger partial charge in [-0.2, -0.15) is 0 Å². The molecule has 0 unspecified atom stereocenters. The van der Waals surface area contributed by atoms with Gasteiger partial charge in [-0.1, -0.05) is 45.0 Å². The van der Waals surface area contributed by atoms with Crippen molar-refractivity contribution in [1.29, 1.82) is 0 Å². The fourth-order valence-electron chi connectivity index (χ4n) is 2.74. The molecule has 28 heavy (non-hydrogen) atoms. The monoisotopic (exact) mass is 383 g/mol. The summed E-state index contributed by atoms with van der Waals surface area (Å²) in [7, 11) is 3.11. The lowest BCUT2D eigenvalue weighted by molar-refractivity contribution is 0.103. The van der Waals surface area contributed by atoms with Crippen molar-refractivity contribution in [2.24, 2.45) is 11.6 Å². The third-order valence-electron chi connectivity index (χ3n) is 4.65. The average Bonchev–Trinajstić information content (AvgIpc) is 2.70. The standard InChI is InChI=1S/C22H29N3O3/c1-14(25(24)18-13-17(27-5)11-12-19(18)28-6)20(23)21(26)15-7-9-16(10-8-15)22(2,3)4/h7-13H,23-24H2,1-6H3/b20-14-. The van der Waals surface area contributed by atoms with E-state index in [4.69, 9.17) is 21.1 Å². The number of benzene rings is 2. The molecular weight excluding hydrogens is 354 g/mol. The summed E-state index contributed by atoms with van der Waals surface area (Å²) >= 11 is 0. The van der Waals surface area contributed by atoms with Gasteiger partial charge >= 0.3 is 0 Å². The molecule has 2 aromatic rings. The number of methoxy groups -OCH3 is 2. The summed E-state index contributed by atoms with van der Waals surface area (Å²) in [4.78, 5) is 12.8. The maximum atomic E-state index is 12.8. The highest BCUT2D eigenvalue weighted by atomic mass is 16.5. The SMILES string of the molecule is COc1ccc(OC)c(N(N)/C(C)=C(\N)C(=O)c2ccc(C(C)(C)C)cc2)c1. The Kier molecular flexibility index (Phi) is 6.36. The molecule has 0 radical (unpaired) electrons. The van der Waals surface area contributed by atoms with Crippen LogP contribution in [0.25, 0.3) is 0 Å². The van der Waals surface area contributed by atoms with Gasteiger partial charge in [0, 0.05) is 11.6 Å². The number of anilines is 1. The molecule has 0 heterocycles. The Morgan fingerprint density at radius 2 is 1.61 bits per heavy atom. The number of hydrazine groups is 1. The molecule has 0 spiro atoms. The van der Waals surface area contributed by atoms with Gasteiger partial charge in [0.25, 0.3) is 0 Å². The first-order chi connectivity index (χ1) is 13.1. The molecular formula is C22H29N3O3. The second-order valence-corrected chi connectivity index (χ2v) is 7.56. The average molecular weight is 383 g/mol. The topological polar surface area (TPSA) is 90.8 Å². The maximum absolute atomic E-state index is 12.8. The number of allylic oxidation sites excluding steroid dienone is 2. The second-order valence-electron chi connectivity index (χ2n) is 7.56. The van der Waals surface area contributed by atoms with Gasteiger partial charge in [0.15, 0.2) is 0 Å². The molecule has 0 fully saturated rings. The molecule has 0 saturated carbocycles. The fraction of sp³-hybridized carbons (Fsp3) is 0.318. The van der Waals surface area contributed by atoms with Gasteiger partial charge in [-0.3, -0.25) is 9.80 Å². The minimum atomic E-state index is -0.282. The van der Waals surface area contributed by atoms with Crippen LogP contribution in [0.1, 0.15) is 43.6 Å². The van der Waals surface area contributed by atoms with Crippen LogP contribution >= 0.6 is 0 Å². The van der Waals surface area contributed by atoms with Crippen LogP contribution in [0.15, 0.2) is 53.9 Å².